The van der Waals surface area contributed by atoms with Crippen LogP contribution in [0.5, 0.6) is 11.5 Å². The maximum Gasteiger partial charge on any atom is 0.243 e. The van der Waals surface area contributed by atoms with Gasteiger partial charge in [-0.15, -0.1) is 0 Å². The summed E-state index contributed by atoms with van der Waals surface area (Å²) in [6, 6.07) is 8.23. The second-order valence-corrected chi connectivity index (χ2v) is 8.88. The van der Waals surface area contributed by atoms with E-state index in [9.17, 15) is 13.2 Å². The summed E-state index contributed by atoms with van der Waals surface area (Å²) in [5.41, 5.74) is 3.35. The highest BCUT2D eigenvalue weighted by molar-refractivity contribution is 7.89. The van der Waals surface area contributed by atoms with Gasteiger partial charge in [0.15, 0.2) is 11.5 Å². The second kappa shape index (κ2) is 6.79. The van der Waals surface area contributed by atoms with Crippen LogP contribution in [-0.2, 0) is 27.7 Å². The maximum atomic E-state index is 13.3. The van der Waals surface area contributed by atoms with Crippen molar-refractivity contribution in [2.24, 2.45) is 0 Å². The van der Waals surface area contributed by atoms with Gasteiger partial charge >= 0.3 is 0 Å². The third kappa shape index (κ3) is 2.93. The Morgan fingerprint density at radius 1 is 1.07 bits per heavy atom. The summed E-state index contributed by atoms with van der Waals surface area (Å²) in [5, 5.41) is 2.73. The molecule has 0 bridgehead atoms. The molecule has 2 aromatic rings. The molecular formula is C20H22N2O5S. The highest BCUT2D eigenvalue weighted by Crippen LogP contribution is 2.40. The fourth-order valence-corrected chi connectivity index (χ4v) is 5.61. The van der Waals surface area contributed by atoms with Gasteiger partial charge in [-0.3, -0.25) is 4.79 Å². The minimum atomic E-state index is -3.71. The predicted molar refractivity (Wildman–Crippen MR) is 104 cm³/mol. The molecule has 2 aliphatic rings. The van der Waals surface area contributed by atoms with Crippen molar-refractivity contribution in [3.63, 3.8) is 0 Å². The van der Waals surface area contributed by atoms with Crippen molar-refractivity contribution in [3.05, 3.63) is 47.0 Å². The van der Waals surface area contributed by atoms with Crippen LogP contribution in [0, 0.1) is 0 Å². The zero-order valence-electron chi connectivity index (χ0n) is 16.0. The van der Waals surface area contributed by atoms with Crippen molar-refractivity contribution in [2.45, 2.75) is 30.7 Å². The Hall–Kier alpha value is -2.58. The molecule has 0 saturated heterocycles. The molecular weight excluding hydrogens is 380 g/mol. The molecule has 0 saturated carbocycles. The fraction of sp³-hybridized carbons (Fsp3) is 0.350. The number of nitrogens with zero attached hydrogens (tertiary/aromatic N) is 1. The highest BCUT2D eigenvalue weighted by Gasteiger charge is 2.35. The molecule has 2 aromatic carbocycles. The number of amides is 1. The molecule has 4 rings (SSSR count). The average molecular weight is 402 g/mol. The Labute approximate surface area is 164 Å². The Bertz CT molecular complexity index is 1060. The summed E-state index contributed by atoms with van der Waals surface area (Å²) in [6.45, 7) is 2.25. The molecule has 1 atom stereocenters. The molecule has 1 amide bonds. The first-order valence-corrected chi connectivity index (χ1v) is 10.5. The number of carbonyl (C=O) groups excluding carboxylic acids is 1. The van der Waals surface area contributed by atoms with Crippen molar-refractivity contribution in [3.8, 4) is 11.5 Å². The van der Waals surface area contributed by atoms with E-state index in [1.54, 1.807) is 32.4 Å². The molecule has 1 unspecified atom stereocenters. The zero-order chi connectivity index (χ0) is 20.1. The molecule has 0 fully saturated rings. The molecule has 0 radical (unpaired) electrons. The minimum absolute atomic E-state index is 0.120. The number of benzene rings is 2. The van der Waals surface area contributed by atoms with Crippen LogP contribution in [-0.4, -0.2) is 39.4 Å². The lowest BCUT2D eigenvalue weighted by molar-refractivity contribution is -0.115. The van der Waals surface area contributed by atoms with Crippen molar-refractivity contribution in [1.82, 2.24) is 4.31 Å². The normalized spacial score (nSPS) is 19.0. The predicted octanol–water partition coefficient (Wildman–Crippen LogP) is 2.51. The van der Waals surface area contributed by atoms with Gasteiger partial charge in [0, 0.05) is 18.3 Å². The van der Waals surface area contributed by atoms with E-state index in [-0.39, 0.29) is 23.3 Å². The first-order chi connectivity index (χ1) is 13.3. The Kier molecular flexibility index (Phi) is 4.55. The molecule has 2 heterocycles. The Balaban J connectivity index is 1.71. The zero-order valence-corrected chi connectivity index (χ0v) is 16.8. The Morgan fingerprint density at radius 2 is 1.79 bits per heavy atom. The van der Waals surface area contributed by atoms with Gasteiger partial charge in [-0.05, 0) is 60.4 Å². The molecule has 0 aromatic heterocycles. The third-order valence-corrected chi connectivity index (χ3v) is 7.40. The van der Waals surface area contributed by atoms with Gasteiger partial charge in [-0.25, -0.2) is 8.42 Å². The van der Waals surface area contributed by atoms with Gasteiger partial charge in [-0.2, -0.15) is 4.31 Å². The van der Waals surface area contributed by atoms with Gasteiger partial charge in [0.25, 0.3) is 0 Å². The molecule has 1 N–H and O–H groups in total. The first kappa shape index (κ1) is 18.8. The van der Waals surface area contributed by atoms with Crippen molar-refractivity contribution in [1.29, 1.82) is 0 Å². The van der Waals surface area contributed by atoms with Crippen molar-refractivity contribution in [2.75, 3.05) is 26.1 Å². The molecule has 0 aliphatic carbocycles. The summed E-state index contributed by atoms with van der Waals surface area (Å²) in [7, 11) is -0.560. The summed E-state index contributed by atoms with van der Waals surface area (Å²) < 4.78 is 38.9. The van der Waals surface area contributed by atoms with Crippen LogP contribution in [0.1, 0.15) is 29.7 Å². The lowest BCUT2D eigenvalue weighted by Crippen LogP contribution is -2.38. The number of methoxy groups -OCH3 is 2. The van der Waals surface area contributed by atoms with E-state index in [1.165, 1.54) is 4.31 Å². The largest absolute Gasteiger partial charge is 0.493 e. The van der Waals surface area contributed by atoms with Crippen molar-refractivity contribution >= 4 is 21.6 Å². The quantitative estimate of drug-likeness (QED) is 0.849. The SMILES string of the molecule is COc1cc2c(cc1OC)C(C)N(S(=O)(=O)c1ccc3c(c1)CC(=O)N3)CC2. The van der Waals surface area contributed by atoms with Gasteiger partial charge in [-0.1, -0.05) is 0 Å². The molecule has 148 valence electrons. The molecule has 2 aliphatic heterocycles. The fourth-order valence-electron chi connectivity index (χ4n) is 3.95. The van der Waals surface area contributed by atoms with E-state index < -0.39 is 10.0 Å². The molecule has 7 nitrogen and oxygen atoms in total. The number of rotatable bonds is 4. The standard InChI is InChI=1S/C20H22N2O5S/c1-12-16-11-19(27-3)18(26-2)9-13(16)6-7-22(12)28(24,25)15-4-5-17-14(8-15)10-20(23)21-17/h4-5,8-9,11-12H,6-7,10H2,1-3H3,(H,21,23). The summed E-state index contributed by atoms with van der Waals surface area (Å²) in [5.74, 6) is 1.10. The summed E-state index contributed by atoms with van der Waals surface area (Å²) in [6.07, 6.45) is 0.790. The minimum Gasteiger partial charge on any atom is -0.493 e. The van der Waals surface area contributed by atoms with Gasteiger partial charge in [0.05, 0.1) is 25.5 Å². The van der Waals surface area contributed by atoms with Gasteiger partial charge in [0.2, 0.25) is 15.9 Å². The van der Waals surface area contributed by atoms with Gasteiger partial charge < -0.3 is 14.8 Å². The Morgan fingerprint density at radius 3 is 2.50 bits per heavy atom. The van der Waals surface area contributed by atoms with E-state index >= 15 is 0 Å². The highest BCUT2D eigenvalue weighted by atomic mass is 32.2. The first-order valence-electron chi connectivity index (χ1n) is 9.04. The van der Waals surface area contributed by atoms with E-state index in [0.29, 0.717) is 35.7 Å². The number of hydrogen-bond acceptors (Lipinski definition) is 5. The second-order valence-electron chi connectivity index (χ2n) is 6.99. The number of fused-ring (bicyclic) bond motifs is 2. The van der Waals surface area contributed by atoms with E-state index in [1.807, 2.05) is 19.1 Å². The number of ether oxygens (including phenoxy) is 2. The average Bonchev–Trinajstić information content (AvgIpc) is 3.06. The lowest BCUT2D eigenvalue weighted by Gasteiger charge is -2.34. The number of carbonyl (C=O) groups is 1. The number of anilines is 1. The molecule has 8 heteroatoms. The van der Waals surface area contributed by atoms with Crippen LogP contribution >= 0.6 is 0 Å². The van der Waals surface area contributed by atoms with Crippen LogP contribution < -0.4 is 14.8 Å². The van der Waals surface area contributed by atoms with Crippen LogP contribution in [0.15, 0.2) is 35.2 Å². The monoisotopic (exact) mass is 402 g/mol. The van der Waals surface area contributed by atoms with E-state index in [0.717, 1.165) is 11.1 Å². The summed E-state index contributed by atoms with van der Waals surface area (Å²) >= 11 is 0. The van der Waals surface area contributed by atoms with E-state index in [4.69, 9.17) is 9.47 Å². The van der Waals surface area contributed by atoms with Gasteiger partial charge in [0.1, 0.15) is 0 Å². The maximum absolute atomic E-state index is 13.3. The van der Waals surface area contributed by atoms with Crippen molar-refractivity contribution < 1.29 is 22.7 Å². The third-order valence-electron chi connectivity index (χ3n) is 5.44. The summed E-state index contributed by atoms with van der Waals surface area (Å²) in [4.78, 5) is 11.8. The van der Waals surface area contributed by atoms with Crippen LogP contribution in [0.2, 0.25) is 0 Å². The van der Waals surface area contributed by atoms with Crippen LogP contribution in [0.25, 0.3) is 0 Å². The number of sulfonamides is 1. The van der Waals surface area contributed by atoms with Crippen LogP contribution in [0.4, 0.5) is 5.69 Å². The molecule has 0 spiro atoms. The number of nitrogens with one attached hydrogen (secondary N) is 1. The van der Waals surface area contributed by atoms with Crippen LogP contribution in [0.3, 0.4) is 0 Å². The molecule has 28 heavy (non-hydrogen) atoms. The lowest BCUT2D eigenvalue weighted by atomic mass is 9.94. The topological polar surface area (TPSA) is 84.9 Å². The van der Waals surface area contributed by atoms with E-state index in [2.05, 4.69) is 5.32 Å². The smallest absolute Gasteiger partial charge is 0.243 e. The number of hydrogen-bond donors (Lipinski definition) is 1.